The number of rotatable bonds is 1. The minimum Gasteiger partial charge on any atom is -0.399 e. The fraction of sp³-hybridized carbons (Fsp3) is 0.200. The van der Waals surface area contributed by atoms with Crippen molar-refractivity contribution in [1.29, 1.82) is 0 Å². The van der Waals surface area contributed by atoms with E-state index in [1.165, 1.54) is 12.1 Å². The van der Waals surface area contributed by atoms with Crippen molar-refractivity contribution < 1.29 is 14.0 Å². The van der Waals surface area contributed by atoms with Crippen LogP contribution in [0.3, 0.4) is 0 Å². The van der Waals surface area contributed by atoms with Gasteiger partial charge < -0.3 is 5.73 Å². The summed E-state index contributed by atoms with van der Waals surface area (Å²) in [5.74, 6) is -1.40. The van der Waals surface area contributed by atoms with Gasteiger partial charge in [0.15, 0.2) is 0 Å². The summed E-state index contributed by atoms with van der Waals surface area (Å²) in [6.07, 6.45) is 0.283. The van der Waals surface area contributed by atoms with Gasteiger partial charge in [-0.05, 0) is 18.2 Å². The number of nitrogens with two attached hydrogens (primary N) is 1. The normalized spacial score (nSPS) is 16.2. The summed E-state index contributed by atoms with van der Waals surface area (Å²) in [6.45, 7) is 0. The number of hydrogen-bond acceptors (Lipinski definition) is 3. The van der Waals surface area contributed by atoms with Gasteiger partial charge >= 0.3 is 0 Å². The van der Waals surface area contributed by atoms with Crippen molar-refractivity contribution in [3.05, 3.63) is 24.0 Å². The van der Waals surface area contributed by atoms with Gasteiger partial charge in [0.05, 0.1) is 5.69 Å². The first kappa shape index (κ1) is 9.64. The molecule has 1 aliphatic rings. The second kappa shape index (κ2) is 3.34. The lowest BCUT2D eigenvalue weighted by Crippen LogP contribution is -2.29. The van der Waals surface area contributed by atoms with Crippen LogP contribution in [-0.2, 0) is 9.59 Å². The molecule has 1 fully saturated rings. The molecule has 1 aromatic carbocycles. The number of benzene rings is 1. The van der Waals surface area contributed by atoms with Gasteiger partial charge in [0.1, 0.15) is 5.82 Å². The van der Waals surface area contributed by atoms with E-state index in [1.807, 2.05) is 0 Å². The minimum absolute atomic E-state index is 0.0169. The first-order valence-electron chi connectivity index (χ1n) is 4.50. The molecule has 0 saturated carbocycles. The van der Waals surface area contributed by atoms with Crippen LogP contribution in [0.5, 0.6) is 0 Å². The zero-order valence-corrected chi connectivity index (χ0v) is 7.87. The van der Waals surface area contributed by atoms with E-state index in [0.29, 0.717) is 0 Å². The van der Waals surface area contributed by atoms with Gasteiger partial charge in [-0.15, -0.1) is 0 Å². The average molecular weight is 208 g/mol. The maximum absolute atomic E-state index is 13.4. The highest BCUT2D eigenvalue weighted by atomic mass is 19.1. The summed E-state index contributed by atoms with van der Waals surface area (Å²) in [7, 11) is 0. The molecule has 1 aliphatic heterocycles. The van der Waals surface area contributed by atoms with Crippen molar-refractivity contribution in [1.82, 2.24) is 0 Å². The standard InChI is InChI=1S/C10H9FN2O2/c11-7-5-6(12)1-2-8(7)13-9(14)3-4-10(13)15/h1-2,5H,3-4,12H2. The molecule has 0 atom stereocenters. The van der Waals surface area contributed by atoms with Gasteiger partial charge in [0.25, 0.3) is 0 Å². The number of amides is 2. The van der Waals surface area contributed by atoms with E-state index < -0.39 is 5.82 Å². The number of carbonyl (C=O) groups excluding carboxylic acids is 2. The summed E-state index contributed by atoms with van der Waals surface area (Å²) >= 11 is 0. The van der Waals surface area contributed by atoms with Crippen molar-refractivity contribution in [3.63, 3.8) is 0 Å². The third kappa shape index (κ3) is 1.56. The number of nitrogens with zero attached hydrogens (tertiary/aromatic N) is 1. The van der Waals surface area contributed by atoms with Gasteiger partial charge in [-0.3, -0.25) is 9.59 Å². The summed E-state index contributed by atoms with van der Waals surface area (Å²) < 4.78 is 13.4. The van der Waals surface area contributed by atoms with Crippen LogP contribution < -0.4 is 10.6 Å². The van der Waals surface area contributed by atoms with Crippen LogP contribution in [0.15, 0.2) is 18.2 Å². The Morgan fingerprint density at radius 3 is 2.33 bits per heavy atom. The summed E-state index contributed by atoms with van der Waals surface area (Å²) in [6, 6.07) is 3.89. The highest BCUT2D eigenvalue weighted by Crippen LogP contribution is 2.26. The largest absolute Gasteiger partial charge is 0.399 e. The Labute approximate surface area is 85.5 Å². The molecule has 2 N–H and O–H groups in total. The molecule has 5 heteroatoms. The predicted octanol–water partition coefficient (Wildman–Crippen LogP) is 1.06. The molecule has 2 rings (SSSR count). The van der Waals surface area contributed by atoms with Crippen LogP contribution in [0.1, 0.15) is 12.8 Å². The Hall–Kier alpha value is -1.91. The predicted molar refractivity (Wildman–Crippen MR) is 52.5 cm³/mol. The molecule has 0 unspecified atom stereocenters. The van der Waals surface area contributed by atoms with Crippen molar-refractivity contribution in [3.8, 4) is 0 Å². The fourth-order valence-corrected chi connectivity index (χ4v) is 1.55. The maximum atomic E-state index is 13.4. The molecule has 0 spiro atoms. The second-order valence-corrected chi connectivity index (χ2v) is 3.33. The number of anilines is 2. The second-order valence-electron chi connectivity index (χ2n) is 3.33. The van der Waals surface area contributed by atoms with E-state index in [0.717, 1.165) is 11.0 Å². The lowest BCUT2D eigenvalue weighted by atomic mass is 10.2. The molecular weight excluding hydrogens is 199 g/mol. The van der Waals surface area contributed by atoms with Crippen LogP contribution in [0.2, 0.25) is 0 Å². The Morgan fingerprint density at radius 2 is 1.80 bits per heavy atom. The van der Waals surface area contributed by atoms with Crippen LogP contribution in [-0.4, -0.2) is 11.8 Å². The Kier molecular flexibility index (Phi) is 2.15. The lowest BCUT2D eigenvalue weighted by molar-refractivity contribution is -0.121. The van der Waals surface area contributed by atoms with Crippen molar-refractivity contribution in [2.24, 2.45) is 0 Å². The third-order valence-corrected chi connectivity index (χ3v) is 2.26. The van der Waals surface area contributed by atoms with Crippen molar-refractivity contribution in [2.45, 2.75) is 12.8 Å². The first-order chi connectivity index (χ1) is 7.09. The van der Waals surface area contributed by atoms with E-state index in [9.17, 15) is 14.0 Å². The minimum atomic E-state index is -0.654. The Morgan fingerprint density at radius 1 is 1.20 bits per heavy atom. The van der Waals surface area contributed by atoms with Gasteiger partial charge in [-0.1, -0.05) is 0 Å². The maximum Gasteiger partial charge on any atom is 0.234 e. The lowest BCUT2D eigenvalue weighted by Gasteiger charge is -2.14. The van der Waals surface area contributed by atoms with E-state index in [1.54, 1.807) is 0 Å². The molecule has 4 nitrogen and oxygen atoms in total. The molecule has 78 valence electrons. The average Bonchev–Trinajstić information content (AvgIpc) is 2.48. The van der Waals surface area contributed by atoms with Crippen LogP contribution in [0.4, 0.5) is 15.8 Å². The Balaban J connectivity index is 2.45. The SMILES string of the molecule is Nc1ccc(N2C(=O)CCC2=O)c(F)c1. The monoisotopic (exact) mass is 208 g/mol. The zero-order chi connectivity index (χ0) is 11.0. The Bertz CT molecular complexity index is 429. The summed E-state index contributed by atoms with van der Waals surface area (Å²) in [5, 5.41) is 0. The summed E-state index contributed by atoms with van der Waals surface area (Å²) in [5.41, 5.74) is 5.61. The number of halogens is 1. The van der Waals surface area contributed by atoms with Crippen molar-refractivity contribution in [2.75, 3.05) is 10.6 Å². The van der Waals surface area contributed by atoms with E-state index in [4.69, 9.17) is 5.73 Å². The van der Waals surface area contributed by atoms with Gasteiger partial charge in [0, 0.05) is 18.5 Å². The number of nitrogen functional groups attached to an aromatic ring is 1. The number of imide groups is 1. The first-order valence-corrected chi connectivity index (χ1v) is 4.50. The molecule has 0 aromatic heterocycles. The van der Waals surface area contributed by atoms with Crippen LogP contribution in [0, 0.1) is 5.82 Å². The molecule has 1 aromatic rings. The topological polar surface area (TPSA) is 63.4 Å². The molecular formula is C10H9FN2O2. The van der Waals surface area contributed by atoms with E-state index in [-0.39, 0.29) is 36.0 Å². The molecule has 0 bridgehead atoms. The third-order valence-electron chi connectivity index (χ3n) is 2.26. The van der Waals surface area contributed by atoms with Gasteiger partial charge in [-0.25, -0.2) is 9.29 Å². The molecule has 2 amide bonds. The highest BCUT2D eigenvalue weighted by molar-refractivity contribution is 6.19. The molecule has 1 heterocycles. The van der Waals surface area contributed by atoms with Crippen LogP contribution >= 0.6 is 0 Å². The smallest absolute Gasteiger partial charge is 0.234 e. The van der Waals surface area contributed by atoms with Crippen molar-refractivity contribution >= 4 is 23.2 Å². The van der Waals surface area contributed by atoms with Gasteiger partial charge in [0.2, 0.25) is 11.8 Å². The number of carbonyl (C=O) groups is 2. The van der Waals surface area contributed by atoms with Crippen LogP contribution in [0.25, 0.3) is 0 Å². The molecule has 0 aliphatic carbocycles. The fourth-order valence-electron chi connectivity index (χ4n) is 1.55. The molecule has 15 heavy (non-hydrogen) atoms. The number of hydrogen-bond donors (Lipinski definition) is 1. The quantitative estimate of drug-likeness (QED) is 0.554. The molecule has 1 saturated heterocycles. The summed E-state index contributed by atoms with van der Waals surface area (Å²) in [4.78, 5) is 23.5. The van der Waals surface area contributed by atoms with E-state index >= 15 is 0 Å². The highest BCUT2D eigenvalue weighted by Gasteiger charge is 2.31. The van der Waals surface area contributed by atoms with Gasteiger partial charge in [-0.2, -0.15) is 0 Å². The zero-order valence-electron chi connectivity index (χ0n) is 7.87. The van der Waals surface area contributed by atoms with E-state index in [2.05, 4.69) is 0 Å². The molecule has 0 radical (unpaired) electrons.